The van der Waals surface area contributed by atoms with E-state index in [1.807, 2.05) is 0 Å². The van der Waals surface area contributed by atoms with E-state index in [9.17, 15) is 4.79 Å². The van der Waals surface area contributed by atoms with Crippen molar-refractivity contribution in [2.24, 2.45) is 10.8 Å². The van der Waals surface area contributed by atoms with Gasteiger partial charge < -0.3 is 10.0 Å². The van der Waals surface area contributed by atoms with Crippen LogP contribution in [-0.4, -0.2) is 35.6 Å². The summed E-state index contributed by atoms with van der Waals surface area (Å²) < 4.78 is 0. The van der Waals surface area contributed by atoms with Gasteiger partial charge in [-0.1, -0.05) is 13.8 Å². The minimum absolute atomic E-state index is 0.472. The van der Waals surface area contributed by atoms with Crippen LogP contribution in [-0.2, 0) is 4.79 Å². The third kappa shape index (κ3) is 3.98. The Morgan fingerprint density at radius 3 is 2.24 bits per heavy atom. The Balaban J connectivity index is 2.50. The summed E-state index contributed by atoms with van der Waals surface area (Å²) in [6, 6.07) is 0.557. The Morgan fingerprint density at radius 1 is 1.35 bits per heavy atom. The van der Waals surface area contributed by atoms with Crippen molar-refractivity contribution in [3.63, 3.8) is 0 Å². The maximum Gasteiger partial charge on any atom is 0.310 e. The lowest BCUT2D eigenvalue weighted by Crippen LogP contribution is -2.44. The fourth-order valence-electron chi connectivity index (χ4n) is 2.65. The summed E-state index contributed by atoms with van der Waals surface area (Å²) in [4.78, 5) is 13.4. The van der Waals surface area contributed by atoms with Gasteiger partial charge in [0.1, 0.15) is 0 Å². The minimum Gasteiger partial charge on any atom is -0.481 e. The van der Waals surface area contributed by atoms with Crippen molar-refractivity contribution in [3.05, 3.63) is 0 Å². The fraction of sp³-hybridized carbons (Fsp3) is 0.929. The minimum atomic E-state index is -0.708. The van der Waals surface area contributed by atoms with E-state index in [0.29, 0.717) is 18.0 Å². The van der Waals surface area contributed by atoms with Crippen LogP contribution in [0.1, 0.15) is 53.4 Å². The molecule has 0 aromatic rings. The van der Waals surface area contributed by atoms with Crippen molar-refractivity contribution >= 4 is 5.97 Å². The molecule has 1 rings (SSSR count). The molecule has 0 aromatic carbocycles. The van der Waals surface area contributed by atoms with Crippen molar-refractivity contribution in [3.8, 4) is 0 Å². The van der Waals surface area contributed by atoms with E-state index in [1.165, 1.54) is 25.7 Å². The highest BCUT2D eigenvalue weighted by Crippen LogP contribution is 2.37. The molecule has 1 N–H and O–H groups in total. The third-order valence-electron chi connectivity index (χ3n) is 4.16. The maximum atomic E-state index is 11.1. The van der Waals surface area contributed by atoms with Crippen LogP contribution in [0.4, 0.5) is 0 Å². The number of hydrogen-bond acceptors (Lipinski definition) is 2. The highest BCUT2D eigenvalue weighted by atomic mass is 16.4. The highest BCUT2D eigenvalue weighted by Gasteiger charge is 2.33. The molecule has 1 fully saturated rings. The Hall–Kier alpha value is -0.570. The monoisotopic (exact) mass is 241 g/mol. The first kappa shape index (κ1) is 14.5. The molecule has 0 atom stereocenters. The highest BCUT2D eigenvalue weighted by molar-refractivity contribution is 5.73. The molecule has 0 bridgehead atoms. The van der Waals surface area contributed by atoms with E-state index in [4.69, 9.17) is 5.11 Å². The van der Waals surface area contributed by atoms with Gasteiger partial charge in [-0.25, -0.2) is 0 Å². The van der Waals surface area contributed by atoms with Crippen LogP contribution in [0.25, 0.3) is 0 Å². The van der Waals surface area contributed by atoms with Gasteiger partial charge in [0.25, 0.3) is 0 Å². The van der Waals surface area contributed by atoms with Gasteiger partial charge in [0.15, 0.2) is 0 Å². The van der Waals surface area contributed by atoms with Gasteiger partial charge in [0, 0.05) is 12.6 Å². The van der Waals surface area contributed by atoms with Crippen molar-refractivity contribution in [2.75, 3.05) is 13.6 Å². The quantitative estimate of drug-likeness (QED) is 0.822. The standard InChI is InChI=1S/C14H27NO2/c1-13(2)8-6-11(7-9-13)15(5)10-14(3,4)12(16)17/h11H,6-10H2,1-5H3,(H,16,17). The molecule has 1 saturated carbocycles. The number of carboxylic acids is 1. The van der Waals surface area contributed by atoms with E-state index in [1.54, 1.807) is 13.8 Å². The number of carbonyl (C=O) groups is 1. The molecule has 17 heavy (non-hydrogen) atoms. The summed E-state index contributed by atoms with van der Waals surface area (Å²) in [7, 11) is 2.06. The van der Waals surface area contributed by atoms with E-state index in [0.717, 1.165) is 0 Å². The molecule has 0 spiro atoms. The SMILES string of the molecule is CN(CC(C)(C)C(=O)O)C1CCC(C)(C)CC1. The van der Waals surface area contributed by atoms with Crippen LogP contribution < -0.4 is 0 Å². The average Bonchev–Trinajstić information content (AvgIpc) is 2.16. The van der Waals surface area contributed by atoms with Crippen molar-refractivity contribution in [1.82, 2.24) is 4.90 Å². The summed E-state index contributed by atoms with van der Waals surface area (Å²) >= 11 is 0. The Morgan fingerprint density at radius 2 is 1.82 bits per heavy atom. The van der Waals surface area contributed by atoms with Crippen molar-refractivity contribution in [2.45, 2.75) is 59.4 Å². The Labute approximate surface area is 105 Å². The van der Waals surface area contributed by atoms with Crippen LogP contribution in [0.2, 0.25) is 0 Å². The lowest BCUT2D eigenvalue weighted by atomic mass is 9.75. The maximum absolute atomic E-state index is 11.1. The van der Waals surface area contributed by atoms with Gasteiger partial charge in [-0.05, 0) is 52.0 Å². The number of carboxylic acid groups (broad SMARTS) is 1. The summed E-state index contributed by atoms with van der Waals surface area (Å²) in [5.74, 6) is -0.708. The second-order valence-electron chi connectivity index (χ2n) is 7.00. The zero-order valence-corrected chi connectivity index (χ0v) is 11.9. The van der Waals surface area contributed by atoms with Crippen LogP contribution in [0, 0.1) is 10.8 Å². The number of rotatable bonds is 4. The van der Waals surface area contributed by atoms with Crippen molar-refractivity contribution in [1.29, 1.82) is 0 Å². The van der Waals surface area contributed by atoms with Gasteiger partial charge in [0.2, 0.25) is 0 Å². The van der Waals surface area contributed by atoms with Crippen LogP contribution in [0.3, 0.4) is 0 Å². The largest absolute Gasteiger partial charge is 0.481 e. The van der Waals surface area contributed by atoms with Crippen molar-refractivity contribution < 1.29 is 9.90 Å². The molecule has 0 aromatic heterocycles. The first-order chi connectivity index (χ1) is 7.64. The molecular weight excluding hydrogens is 214 g/mol. The molecule has 0 radical (unpaired) electrons. The second-order valence-corrected chi connectivity index (χ2v) is 7.00. The topological polar surface area (TPSA) is 40.5 Å². The molecule has 0 amide bonds. The fourth-order valence-corrected chi connectivity index (χ4v) is 2.65. The van der Waals surface area contributed by atoms with E-state index in [-0.39, 0.29) is 0 Å². The average molecular weight is 241 g/mol. The lowest BCUT2D eigenvalue weighted by molar-refractivity contribution is -0.148. The molecule has 0 aliphatic heterocycles. The molecule has 0 saturated heterocycles. The van der Waals surface area contributed by atoms with Gasteiger partial charge in [-0.15, -0.1) is 0 Å². The Kier molecular flexibility index (Phi) is 4.23. The van der Waals surface area contributed by atoms with E-state index >= 15 is 0 Å². The predicted molar refractivity (Wildman–Crippen MR) is 70.1 cm³/mol. The molecule has 1 aliphatic carbocycles. The molecule has 0 heterocycles. The molecule has 3 nitrogen and oxygen atoms in total. The lowest BCUT2D eigenvalue weighted by Gasteiger charge is -2.40. The van der Waals surface area contributed by atoms with Gasteiger partial charge in [-0.2, -0.15) is 0 Å². The van der Waals surface area contributed by atoms with Crippen LogP contribution in [0.5, 0.6) is 0 Å². The molecule has 3 heteroatoms. The second kappa shape index (κ2) is 4.97. The normalized spacial score (nSPS) is 21.8. The van der Waals surface area contributed by atoms with Crippen LogP contribution in [0.15, 0.2) is 0 Å². The summed E-state index contributed by atoms with van der Waals surface area (Å²) in [6.45, 7) is 8.89. The zero-order chi connectivity index (χ0) is 13.3. The first-order valence-electron chi connectivity index (χ1n) is 6.58. The van der Waals surface area contributed by atoms with Gasteiger partial charge in [-0.3, -0.25) is 4.79 Å². The van der Waals surface area contributed by atoms with Gasteiger partial charge in [0.05, 0.1) is 5.41 Å². The number of aliphatic carboxylic acids is 1. The smallest absolute Gasteiger partial charge is 0.310 e. The molecule has 100 valence electrons. The summed E-state index contributed by atoms with van der Waals surface area (Å²) in [6.07, 6.45) is 4.88. The molecular formula is C14H27NO2. The third-order valence-corrected chi connectivity index (χ3v) is 4.16. The number of hydrogen-bond donors (Lipinski definition) is 1. The molecule has 0 unspecified atom stereocenters. The van der Waals surface area contributed by atoms with Crippen LogP contribution >= 0.6 is 0 Å². The predicted octanol–water partition coefficient (Wildman–Crippen LogP) is 3.00. The number of nitrogens with zero attached hydrogens (tertiary/aromatic N) is 1. The first-order valence-corrected chi connectivity index (χ1v) is 6.58. The summed E-state index contributed by atoms with van der Waals surface area (Å²) in [5, 5.41) is 9.14. The Bertz CT molecular complexity index is 274. The van der Waals surface area contributed by atoms with E-state index < -0.39 is 11.4 Å². The molecule has 1 aliphatic rings. The van der Waals surface area contributed by atoms with E-state index in [2.05, 4.69) is 25.8 Å². The van der Waals surface area contributed by atoms with Gasteiger partial charge >= 0.3 is 5.97 Å². The zero-order valence-electron chi connectivity index (χ0n) is 11.9. The summed E-state index contributed by atoms with van der Waals surface area (Å²) in [5.41, 5.74) is -0.179.